The van der Waals surface area contributed by atoms with E-state index < -0.39 is 29.9 Å². The maximum atomic E-state index is 11.6. The Bertz CT molecular complexity index is 540. The lowest BCUT2D eigenvalue weighted by molar-refractivity contribution is -0.197. The van der Waals surface area contributed by atoms with Crippen molar-refractivity contribution < 1.29 is 38.3 Å². The summed E-state index contributed by atoms with van der Waals surface area (Å²) < 4.78 is 4.89. The largest absolute Gasteiger partial charge is 0.446 e. The summed E-state index contributed by atoms with van der Waals surface area (Å²) in [5.74, 6) is -2.95. The monoisotopic (exact) mass is 367 g/mol. The highest BCUT2D eigenvalue weighted by Gasteiger charge is 2.36. The molecule has 0 aromatic carbocycles. The molecule has 1 saturated heterocycles. The fourth-order valence-electron chi connectivity index (χ4n) is 2.71. The number of hydrogen-bond acceptors (Lipinski definition) is 8. The molecule has 2 aliphatic rings. The van der Waals surface area contributed by atoms with Crippen LogP contribution in [-0.4, -0.2) is 46.5 Å². The van der Waals surface area contributed by atoms with Crippen LogP contribution in [0.1, 0.15) is 64.2 Å². The van der Waals surface area contributed by atoms with Crippen molar-refractivity contribution in [2.24, 2.45) is 0 Å². The van der Waals surface area contributed by atoms with Crippen molar-refractivity contribution in [3.63, 3.8) is 0 Å². The SMILES string of the molecule is O=C(CCCCCCC(=O)ON1C(=O)CCC1=O)OC1C(=O)CCC1=O. The predicted octanol–water partition coefficient (Wildman–Crippen LogP) is 0.778. The van der Waals surface area contributed by atoms with Crippen molar-refractivity contribution in [2.75, 3.05) is 0 Å². The van der Waals surface area contributed by atoms with Crippen LogP contribution in [-0.2, 0) is 38.3 Å². The molecule has 9 heteroatoms. The average molecular weight is 367 g/mol. The molecule has 0 aromatic rings. The molecular weight excluding hydrogens is 346 g/mol. The molecule has 0 radical (unpaired) electrons. The number of carbonyl (C=O) groups is 6. The first-order chi connectivity index (χ1) is 12.4. The highest BCUT2D eigenvalue weighted by atomic mass is 16.7. The van der Waals surface area contributed by atoms with Crippen LogP contribution in [0.25, 0.3) is 0 Å². The van der Waals surface area contributed by atoms with Crippen LogP contribution < -0.4 is 0 Å². The van der Waals surface area contributed by atoms with E-state index in [4.69, 9.17) is 9.57 Å². The van der Waals surface area contributed by atoms with Crippen LogP contribution in [0.5, 0.6) is 0 Å². The van der Waals surface area contributed by atoms with Gasteiger partial charge in [-0.2, -0.15) is 0 Å². The number of amides is 2. The Morgan fingerprint density at radius 3 is 1.81 bits per heavy atom. The third-order valence-corrected chi connectivity index (χ3v) is 4.16. The number of ether oxygens (including phenoxy) is 1. The van der Waals surface area contributed by atoms with Crippen molar-refractivity contribution in [3.8, 4) is 0 Å². The van der Waals surface area contributed by atoms with Crippen LogP contribution in [0, 0.1) is 0 Å². The summed E-state index contributed by atoms with van der Waals surface area (Å²) in [6.07, 6.45) is 1.58. The summed E-state index contributed by atoms with van der Waals surface area (Å²) in [7, 11) is 0. The smallest absolute Gasteiger partial charge is 0.333 e. The molecule has 0 atom stereocenters. The highest BCUT2D eigenvalue weighted by Crippen LogP contribution is 2.16. The summed E-state index contributed by atoms with van der Waals surface area (Å²) in [5, 5.41) is 0.518. The molecule has 1 aliphatic heterocycles. The Labute approximate surface area is 149 Å². The van der Waals surface area contributed by atoms with E-state index in [0.717, 1.165) is 0 Å². The van der Waals surface area contributed by atoms with Gasteiger partial charge < -0.3 is 9.57 Å². The zero-order valence-corrected chi connectivity index (χ0v) is 14.4. The topological polar surface area (TPSA) is 124 Å². The van der Waals surface area contributed by atoms with Gasteiger partial charge in [0, 0.05) is 38.5 Å². The predicted molar refractivity (Wildman–Crippen MR) is 84.0 cm³/mol. The molecule has 26 heavy (non-hydrogen) atoms. The third kappa shape index (κ3) is 5.47. The highest BCUT2D eigenvalue weighted by molar-refractivity contribution is 6.12. The van der Waals surface area contributed by atoms with Gasteiger partial charge in [-0.3, -0.25) is 24.0 Å². The lowest BCUT2D eigenvalue weighted by Gasteiger charge is -2.12. The number of rotatable bonds is 9. The molecule has 1 aliphatic carbocycles. The molecular formula is C17H21NO8. The molecule has 2 rings (SSSR count). The van der Waals surface area contributed by atoms with E-state index in [-0.39, 0.29) is 50.1 Å². The van der Waals surface area contributed by atoms with Gasteiger partial charge in [-0.15, -0.1) is 5.06 Å². The van der Waals surface area contributed by atoms with Gasteiger partial charge in [0.15, 0.2) is 11.6 Å². The number of esters is 1. The molecule has 0 spiro atoms. The second kappa shape index (κ2) is 9.21. The van der Waals surface area contributed by atoms with Crippen LogP contribution in [0.4, 0.5) is 0 Å². The summed E-state index contributed by atoms with van der Waals surface area (Å²) in [6, 6.07) is 0. The number of Topliss-reactive ketones (excluding diaryl/α,β-unsaturated/α-hetero) is 2. The maximum Gasteiger partial charge on any atom is 0.333 e. The molecule has 1 saturated carbocycles. The van der Waals surface area contributed by atoms with Gasteiger partial charge in [-0.1, -0.05) is 12.8 Å². The molecule has 1 heterocycles. The molecule has 9 nitrogen and oxygen atoms in total. The van der Waals surface area contributed by atoms with Gasteiger partial charge in [0.25, 0.3) is 11.8 Å². The van der Waals surface area contributed by atoms with Gasteiger partial charge >= 0.3 is 11.9 Å². The Morgan fingerprint density at radius 1 is 0.769 bits per heavy atom. The molecule has 0 unspecified atom stereocenters. The van der Waals surface area contributed by atoms with E-state index in [1.165, 1.54) is 0 Å². The normalized spacial score (nSPS) is 17.9. The lowest BCUT2D eigenvalue weighted by atomic mass is 10.1. The van der Waals surface area contributed by atoms with Gasteiger partial charge in [0.05, 0.1) is 0 Å². The number of imide groups is 1. The van der Waals surface area contributed by atoms with Gasteiger partial charge in [0.2, 0.25) is 6.10 Å². The summed E-state index contributed by atoms with van der Waals surface area (Å²) in [5.41, 5.74) is 0. The van der Waals surface area contributed by atoms with Crippen molar-refractivity contribution in [1.29, 1.82) is 0 Å². The number of hydrogen-bond donors (Lipinski definition) is 0. The minimum atomic E-state index is -1.23. The zero-order chi connectivity index (χ0) is 19.1. The van der Waals surface area contributed by atoms with E-state index in [1.807, 2.05) is 0 Å². The van der Waals surface area contributed by atoms with E-state index in [0.29, 0.717) is 30.7 Å². The summed E-state index contributed by atoms with van der Waals surface area (Å²) in [6.45, 7) is 0. The minimum absolute atomic E-state index is 0.0558. The molecule has 0 aromatic heterocycles. The Balaban J connectivity index is 1.52. The number of nitrogens with zero attached hydrogens (tertiary/aromatic N) is 1. The quantitative estimate of drug-likeness (QED) is 0.253. The number of unbranched alkanes of at least 4 members (excludes halogenated alkanes) is 3. The zero-order valence-electron chi connectivity index (χ0n) is 14.4. The first kappa shape index (κ1) is 19.7. The van der Waals surface area contributed by atoms with Crippen molar-refractivity contribution in [3.05, 3.63) is 0 Å². The van der Waals surface area contributed by atoms with Crippen LogP contribution in [0.3, 0.4) is 0 Å². The second-order valence-corrected chi connectivity index (χ2v) is 6.26. The standard InChI is InChI=1S/C17H21NO8/c19-11-7-8-12(20)17(11)25-15(23)5-3-1-2-4-6-16(24)26-18-13(21)9-10-14(18)22/h17H,1-10H2. The summed E-state index contributed by atoms with van der Waals surface area (Å²) >= 11 is 0. The van der Waals surface area contributed by atoms with Gasteiger partial charge in [-0.25, -0.2) is 4.79 Å². The van der Waals surface area contributed by atoms with Crippen LogP contribution >= 0.6 is 0 Å². The fourth-order valence-corrected chi connectivity index (χ4v) is 2.71. The third-order valence-electron chi connectivity index (χ3n) is 4.16. The van der Waals surface area contributed by atoms with Crippen molar-refractivity contribution >= 4 is 35.3 Å². The molecule has 2 fully saturated rings. The van der Waals surface area contributed by atoms with Crippen molar-refractivity contribution in [2.45, 2.75) is 70.3 Å². The van der Waals surface area contributed by atoms with E-state index in [2.05, 4.69) is 0 Å². The van der Waals surface area contributed by atoms with Crippen LogP contribution in [0.2, 0.25) is 0 Å². The van der Waals surface area contributed by atoms with E-state index in [9.17, 15) is 28.8 Å². The molecule has 2 amide bonds. The Kier molecular flexibility index (Phi) is 6.99. The Morgan fingerprint density at radius 2 is 1.27 bits per heavy atom. The summed E-state index contributed by atoms with van der Waals surface area (Å²) in [4.78, 5) is 73.3. The number of carbonyl (C=O) groups excluding carboxylic acids is 6. The fraction of sp³-hybridized carbons (Fsp3) is 0.647. The first-order valence-corrected chi connectivity index (χ1v) is 8.70. The van der Waals surface area contributed by atoms with E-state index >= 15 is 0 Å². The average Bonchev–Trinajstić information content (AvgIpc) is 3.08. The van der Waals surface area contributed by atoms with E-state index in [1.54, 1.807) is 0 Å². The molecule has 0 N–H and O–H groups in total. The number of ketones is 2. The molecule has 0 bridgehead atoms. The first-order valence-electron chi connectivity index (χ1n) is 8.70. The Hall–Kier alpha value is -2.58. The van der Waals surface area contributed by atoms with Gasteiger partial charge in [0.1, 0.15) is 0 Å². The van der Waals surface area contributed by atoms with Gasteiger partial charge in [-0.05, 0) is 12.8 Å². The maximum absolute atomic E-state index is 11.6. The second-order valence-electron chi connectivity index (χ2n) is 6.26. The van der Waals surface area contributed by atoms with Crippen molar-refractivity contribution in [1.82, 2.24) is 5.06 Å². The minimum Gasteiger partial charge on any atom is -0.446 e. The number of hydroxylamine groups is 2. The molecule has 142 valence electrons. The van der Waals surface area contributed by atoms with Crippen LogP contribution in [0.15, 0.2) is 0 Å². The lowest BCUT2D eigenvalue weighted by Crippen LogP contribution is -2.31.